The molecule has 0 heterocycles. The SMILES string of the molecule is C=C(C)C(=O)OC.C=CCOC(=O)c1ccccc1C(=O)OCC=C. The smallest absolute Gasteiger partial charge is 0.339 e. The van der Waals surface area contributed by atoms with Crippen molar-refractivity contribution in [3.63, 3.8) is 0 Å². The van der Waals surface area contributed by atoms with Crippen molar-refractivity contribution in [1.82, 2.24) is 0 Å². The number of carbonyl (C=O) groups excluding carboxylic acids is 3. The van der Waals surface area contributed by atoms with E-state index < -0.39 is 11.9 Å². The third-order valence-electron chi connectivity index (χ3n) is 2.57. The lowest BCUT2D eigenvalue weighted by Gasteiger charge is -2.07. The van der Waals surface area contributed by atoms with Crippen molar-refractivity contribution in [1.29, 1.82) is 0 Å². The fourth-order valence-electron chi connectivity index (χ4n) is 1.44. The van der Waals surface area contributed by atoms with Crippen LogP contribution in [0.25, 0.3) is 0 Å². The van der Waals surface area contributed by atoms with Crippen molar-refractivity contribution >= 4 is 17.9 Å². The first-order valence-corrected chi connectivity index (χ1v) is 7.27. The molecule has 1 aromatic carbocycles. The van der Waals surface area contributed by atoms with Gasteiger partial charge in [-0.05, 0) is 19.1 Å². The van der Waals surface area contributed by atoms with Crippen LogP contribution in [0.4, 0.5) is 0 Å². The minimum Gasteiger partial charge on any atom is -0.466 e. The normalized spacial score (nSPS) is 8.88. The van der Waals surface area contributed by atoms with E-state index in [1.807, 2.05) is 0 Å². The maximum absolute atomic E-state index is 11.7. The van der Waals surface area contributed by atoms with Gasteiger partial charge >= 0.3 is 17.9 Å². The Labute approximate surface area is 147 Å². The number of esters is 3. The molecule has 0 saturated carbocycles. The molecule has 134 valence electrons. The highest BCUT2D eigenvalue weighted by molar-refractivity contribution is 6.03. The number of rotatable bonds is 7. The van der Waals surface area contributed by atoms with Crippen LogP contribution in [0.1, 0.15) is 27.6 Å². The molecule has 0 N–H and O–H groups in total. The van der Waals surface area contributed by atoms with Crippen LogP contribution in [0.3, 0.4) is 0 Å². The molecule has 6 nitrogen and oxygen atoms in total. The molecule has 0 saturated heterocycles. The highest BCUT2D eigenvalue weighted by atomic mass is 16.5. The van der Waals surface area contributed by atoms with Gasteiger partial charge in [0.25, 0.3) is 0 Å². The summed E-state index contributed by atoms with van der Waals surface area (Å²) < 4.78 is 14.0. The Kier molecular flexibility index (Phi) is 10.7. The van der Waals surface area contributed by atoms with Crippen molar-refractivity contribution in [2.75, 3.05) is 20.3 Å². The highest BCUT2D eigenvalue weighted by Crippen LogP contribution is 2.12. The summed E-state index contributed by atoms with van der Waals surface area (Å²) in [6.07, 6.45) is 2.91. The number of methoxy groups -OCH3 is 1. The largest absolute Gasteiger partial charge is 0.466 e. The van der Waals surface area contributed by atoms with Gasteiger partial charge in [0.2, 0.25) is 0 Å². The Morgan fingerprint density at radius 1 is 0.960 bits per heavy atom. The van der Waals surface area contributed by atoms with Crippen LogP contribution >= 0.6 is 0 Å². The second kappa shape index (κ2) is 12.3. The Morgan fingerprint density at radius 2 is 1.36 bits per heavy atom. The zero-order valence-electron chi connectivity index (χ0n) is 14.4. The summed E-state index contributed by atoms with van der Waals surface area (Å²) in [5.74, 6) is -1.51. The highest BCUT2D eigenvalue weighted by Gasteiger charge is 2.18. The second-order valence-corrected chi connectivity index (χ2v) is 4.59. The zero-order valence-corrected chi connectivity index (χ0v) is 14.4. The quantitative estimate of drug-likeness (QED) is 0.327. The number of hydrogen-bond acceptors (Lipinski definition) is 6. The fraction of sp³-hybridized carbons (Fsp3) is 0.211. The fourth-order valence-corrected chi connectivity index (χ4v) is 1.44. The number of benzene rings is 1. The topological polar surface area (TPSA) is 78.9 Å². The zero-order chi connectivity index (χ0) is 19.2. The number of hydrogen-bond donors (Lipinski definition) is 0. The molecular formula is C19H22O6. The van der Waals surface area contributed by atoms with Crippen molar-refractivity contribution in [3.8, 4) is 0 Å². The van der Waals surface area contributed by atoms with E-state index in [0.717, 1.165) is 0 Å². The van der Waals surface area contributed by atoms with E-state index in [2.05, 4.69) is 24.5 Å². The first-order chi connectivity index (χ1) is 11.9. The summed E-state index contributed by atoms with van der Waals surface area (Å²) in [5, 5.41) is 0. The van der Waals surface area contributed by atoms with Crippen LogP contribution in [0.2, 0.25) is 0 Å². The van der Waals surface area contributed by atoms with Gasteiger partial charge in [0.05, 0.1) is 18.2 Å². The molecule has 0 spiro atoms. The minimum atomic E-state index is -0.582. The van der Waals surface area contributed by atoms with Gasteiger partial charge in [-0.25, -0.2) is 14.4 Å². The Bertz CT molecular complexity index is 602. The maximum atomic E-state index is 11.7. The van der Waals surface area contributed by atoms with Crippen LogP contribution in [0.15, 0.2) is 61.7 Å². The van der Waals surface area contributed by atoms with E-state index in [0.29, 0.717) is 5.57 Å². The molecule has 0 aliphatic heterocycles. The second-order valence-electron chi connectivity index (χ2n) is 4.59. The molecule has 0 aromatic heterocycles. The van der Waals surface area contributed by atoms with Crippen molar-refractivity contribution in [2.45, 2.75) is 6.92 Å². The molecule has 1 aromatic rings. The average Bonchev–Trinajstić information content (AvgIpc) is 2.63. The van der Waals surface area contributed by atoms with Gasteiger partial charge in [-0.3, -0.25) is 0 Å². The number of carbonyl (C=O) groups is 3. The van der Waals surface area contributed by atoms with Crippen LogP contribution in [0, 0.1) is 0 Å². The van der Waals surface area contributed by atoms with E-state index in [4.69, 9.17) is 9.47 Å². The average molecular weight is 346 g/mol. The third-order valence-corrected chi connectivity index (χ3v) is 2.57. The van der Waals surface area contributed by atoms with Gasteiger partial charge in [-0.2, -0.15) is 0 Å². The monoisotopic (exact) mass is 346 g/mol. The van der Waals surface area contributed by atoms with E-state index >= 15 is 0 Å². The van der Waals surface area contributed by atoms with Crippen LogP contribution in [-0.2, 0) is 19.0 Å². The molecular weight excluding hydrogens is 324 g/mol. The summed E-state index contributed by atoms with van der Waals surface area (Å²) in [4.78, 5) is 33.6. The van der Waals surface area contributed by atoms with E-state index in [-0.39, 0.29) is 30.3 Å². The minimum absolute atomic E-state index is 0.0921. The van der Waals surface area contributed by atoms with Gasteiger partial charge < -0.3 is 14.2 Å². The van der Waals surface area contributed by atoms with Gasteiger partial charge in [-0.15, -0.1) is 0 Å². The lowest BCUT2D eigenvalue weighted by Crippen LogP contribution is -2.14. The summed E-state index contributed by atoms with van der Waals surface area (Å²) in [6.45, 7) is 12.0. The summed E-state index contributed by atoms with van der Waals surface area (Å²) in [6, 6.07) is 6.31. The maximum Gasteiger partial charge on any atom is 0.339 e. The molecule has 0 radical (unpaired) electrons. The van der Waals surface area contributed by atoms with Gasteiger partial charge in [0, 0.05) is 5.57 Å². The molecule has 1 rings (SSSR count). The van der Waals surface area contributed by atoms with Gasteiger partial charge in [0.15, 0.2) is 0 Å². The summed E-state index contributed by atoms with van der Waals surface area (Å²) in [7, 11) is 1.33. The Morgan fingerprint density at radius 3 is 1.60 bits per heavy atom. The molecule has 0 aliphatic rings. The van der Waals surface area contributed by atoms with E-state index in [1.165, 1.54) is 31.4 Å². The van der Waals surface area contributed by atoms with Crippen molar-refractivity contribution in [3.05, 3.63) is 72.9 Å². The molecule has 0 atom stereocenters. The predicted molar refractivity (Wildman–Crippen MR) is 94.2 cm³/mol. The van der Waals surface area contributed by atoms with E-state index in [9.17, 15) is 14.4 Å². The molecule has 6 heteroatoms. The summed E-state index contributed by atoms with van der Waals surface area (Å²) in [5.41, 5.74) is 0.782. The molecule has 0 bridgehead atoms. The van der Waals surface area contributed by atoms with Gasteiger partial charge in [0.1, 0.15) is 13.2 Å². The van der Waals surface area contributed by atoms with Crippen molar-refractivity contribution in [2.24, 2.45) is 0 Å². The lowest BCUT2D eigenvalue weighted by atomic mass is 10.1. The third kappa shape index (κ3) is 8.31. The van der Waals surface area contributed by atoms with Crippen LogP contribution in [-0.4, -0.2) is 38.2 Å². The van der Waals surface area contributed by atoms with E-state index in [1.54, 1.807) is 19.1 Å². The molecule has 25 heavy (non-hydrogen) atoms. The Balaban J connectivity index is 0.000000697. The Hall–Kier alpha value is -3.15. The first kappa shape index (κ1) is 21.9. The predicted octanol–water partition coefficient (Wildman–Crippen LogP) is 3.11. The molecule has 0 fully saturated rings. The molecule has 0 amide bonds. The van der Waals surface area contributed by atoms with Gasteiger partial charge in [-0.1, -0.05) is 44.0 Å². The lowest BCUT2D eigenvalue weighted by molar-refractivity contribution is -0.136. The summed E-state index contributed by atoms with van der Waals surface area (Å²) >= 11 is 0. The van der Waals surface area contributed by atoms with Crippen LogP contribution < -0.4 is 0 Å². The van der Waals surface area contributed by atoms with Crippen molar-refractivity contribution < 1.29 is 28.6 Å². The molecule has 0 unspecified atom stereocenters. The standard InChI is InChI=1S/C14H14O4.C5H8O2/c1-3-9-17-13(15)11-7-5-6-8-12(11)14(16)18-10-4-2;1-4(2)5(6)7-3/h3-8H,1-2,9-10H2;1H2,2-3H3. The number of ether oxygens (including phenoxy) is 3. The van der Waals surface area contributed by atoms with Crippen LogP contribution in [0.5, 0.6) is 0 Å². The first-order valence-electron chi connectivity index (χ1n) is 7.27. The molecule has 0 aliphatic carbocycles.